The third-order valence-electron chi connectivity index (χ3n) is 2.44. The van der Waals surface area contributed by atoms with Crippen molar-refractivity contribution in [2.45, 2.75) is 19.8 Å². The van der Waals surface area contributed by atoms with Crippen LogP contribution < -0.4 is 10.6 Å². The monoisotopic (exact) mass is 300 g/mol. The zero-order valence-electron chi connectivity index (χ0n) is 11.2. The van der Waals surface area contributed by atoms with E-state index in [1.165, 1.54) is 18.4 Å². The van der Waals surface area contributed by atoms with Crippen LogP contribution in [0, 0.1) is 6.92 Å². The van der Waals surface area contributed by atoms with E-state index in [4.69, 9.17) is 5.11 Å². The number of anilines is 1. The first kappa shape index (κ1) is 16.0. The van der Waals surface area contributed by atoms with Crippen LogP contribution in [0.4, 0.5) is 9.80 Å². The van der Waals surface area contributed by atoms with Crippen LogP contribution in [0.15, 0.2) is 5.38 Å². The summed E-state index contributed by atoms with van der Waals surface area (Å²) in [5.74, 6) is -1.42. The minimum Gasteiger partial charge on any atom is -0.481 e. The second kappa shape index (κ2) is 7.49. The highest BCUT2D eigenvalue weighted by Crippen LogP contribution is 2.28. The number of amides is 2. The predicted molar refractivity (Wildman–Crippen MR) is 74.3 cm³/mol. The summed E-state index contributed by atoms with van der Waals surface area (Å²) < 4.78 is 4.65. The van der Waals surface area contributed by atoms with Crippen molar-refractivity contribution in [1.29, 1.82) is 0 Å². The highest BCUT2D eigenvalue weighted by molar-refractivity contribution is 7.15. The number of nitrogens with one attached hydrogen (secondary N) is 2. The van der Waals surface area contributed by atoms with Gasteiger partial charge in [0.15, 0.2) is 0 Å². The molecule has 8 heteroatoms. The van der Waals surface area contributed by atoms with E-state index in [9.17, 15) is 14.4 Å². The molecule has 0 radical (unpaired) electrons. The van der Waals surface area contributed by atoms with Crippen LogP contribution in [0.5, 0.6) is 0 Å². The van der Waals surface area contributed by atoms with Crippen molar-refractivity contribution in [1.82, 2.24) is 5.32 Å². The number of hydrogen-bond donors (Lipinski definition) is 3. The van der Waals surface area contributed by atoms with Gasteiger partial charge in [-0.05, 0) is 24.3 Å². The van der Waals surface area contributed by atoms with Crippen molar-refractivity contribution in [2.75, 3.05) is 19.0 Å². The Morgan fingerprint density at radius 2 is 2.10 bits per heavy atom. The molecule has 0 spiro atoms. The number of hydrogen-bond acceptors (Lipinski definition) is 5. The maximum atomic E-state index is 11.6. The Kier molecular flexibility index (Phi) is 5.98. The van der Waals surface area contributed by atoms with E-state index in [0.717, 1.165) is 5.56 Å². The van der Waals surface area contributed by atoms with Crippen molar-refractivity contribution in [2.24, 2.45) is 0 Å². The maximum Gasteiger partial charge on any atom is 0.341 e. The van der Waals surface area contributed by atoms with Crippen molar-refractivity contribution in [3.05, 3.63) is 16.5 Å². The predicted octanol–water partition coefficient (Wildman–Crippen LogP) is 1.83. The van der Waals surface area contributed by atoms with Gasteiger partial charge in [-0.2, -0.15) is 0 Å². The Morgan fingerprint density at radius 1 is 1.40 bits per heavy atom. The van der Waals surface area contributed by atoms with Crippen LogP contribution >= 0.6 is 11.3 Å². The first-order valence-electron chi connectivity index (χ1n) is 5.88. The summed E-state index contributed by atoms with van der Waals surface area (Å²) in [5.41, 5.74) is 1.06. The lowest BCUT2D eigenvalue weighted by atomic mass is 10.2. The van der Waals surface area contributed by atoms with Crippen LogP contribution in [-0.4, -0.2) is 36.7 Å². The van der Waals surface area contributed by atoms with E-state index in [-0.39, 0.29) is 13.0 Å². The second-order valence-electron chi connectivity index (χ2n) is 3.99. The van der Waals surface area contributed by atoms with Crippen LogP contribution in [-0.2, 0) is 9.53 Å². The Hall–Kier alpha value is -2.09. The van der Waals surface area contributed by atoms with E-state index in [1.807, 2.05) is 0 Å². The number of aliphatic carboxylic acids is 1. The van der Waals surface area contributed by atoms with Gasteiger partial charge in [0.05, 0.1) is 12.7 Å². The standard InChI is InChI=1S/C12H16N2O5S/c1-7-6-20-10(9(7)11(17)19-2)14-12(18)13-5-3-4-8(15)16/h6H,3-5H2,1-2H3,(H,15,16)(H2,13,14,18). The number of carboxylic acid groups (broad SMARTS) is 1. The lowest BCUT2D eigenvalue weighted by Gasteiger charge is -2.07. The first-order chi connectivity index (χ1) is 9.45. The molecule has 7 nitrogen and oxygen atoms in total. The number of carboxylic acids is 1. The van der Waals surface area contributed by atoms with Gasteiger partial charge in [0.1, 0.15) is 5.00 Å². The molecule has 1 aromatic rings. The van der Waals surface area contributed by atoms with Gasteiger partial charge >= 0.3 is 18.0 Å². The van der Waals surface area contributed by atoms with Gasteiger partial charge in [-0.15, -0.1) is 11.3 Å². The van der Waals surface area contributed by atoms with E-state index < -0.39 is 18.0 Å². The molecule has 1 rings (SSSR count). The molecule has 1 heterocycles. The molecule has 0 aromatic carbocycles. The van der Waals surface area contributed by atoms with E-state index in [0.29, 0.717) is 17.0 Å². The SMILES string of the molecule is COC(=O)c1c(C)csc1NC(=O)NCCCC(=O)O. The molecule has 0 aliphatic heterocycles. The number of thiophene rings is 1. The lowest BCUT2D eigenvalue weighted by Crippen LogP contribution is -2.30. The Morgan fingerprint density at radius 3 is 2.70 bits per heavy atom. The van der Waals surface area contributed by atoms with Gasteiger partial charge in [0.25, 0.3) is 0 Å². The number of esters is 1. The number of aryl methyl sites for hydroxylation is 1. The number of carbonyl (C=O) groups excluding carboxylic acids is 2. The van der Waals surface area contributed by atoms with Crippen LogP contribution in [0.25, 0.3) is 0 Å². The number of carbonyl (C=O) groups is 3. The Balaban J connectivity index is 2.54. The average molecular weight is 300 g/mol. The van der Waals surface area contributed by atoms with Gasteiger partial charge in [-0.3, -0.25) is 10.1 Å². The van der Waals surface area contributed by atoms with Crippen LogP contribution in [0.3, 0.4) is 0 Å². The molecular formula is C12H16N2O5S. The van der Waals surface area contributed by atoms with E-state index in [2.05, 4.69) is 15.4 Å². The molecule has 0 saturated carbocycles. The Labute approximate surface area is 119 Å². The number of rotatable bonds is 6. The molecule has 0 atom stereocenters. The Bertz CT molecular complexity index is 512. The van der Waals surface area contributed by atoms with E-state index in [1.54, 1.807) is 12.3 Å². The third-order valence-corrected chi connectivity index (χ3v) is 3.46. The third kappa shape index (κ3) is 4.54. The molecular weight excluding hydrogens is 284 g/mol. The molecule has 3 N–H and O–H groups in total. The summed E-state index contributed by atoms with van der Waals surface area (Å²) in [6.45, 7) is 1.99. The molecule has 0 aliphatic rings. The molecule has 110 valence electrons. The highest BCUT2D eigenvalue weighted by atomic mass is 32.1. The van der Waals surface area contributed by atoms with Gasteiger partial charge < -0.3 is 15.2 Å². The van der Waals surface area contributed by atoms with Gasteiger partial charge in [0, 0.05) is 13.0 Å². The molecule has 2 amide bonds. The number of methoxy groups -OCH3 is 1. The minimum absolute atomic E-state index is 0.00813. The van der Waals surface area contributed by atoms with E-state index >= 15 is 0 Å². The van der Waals surface area contributed by atoms with Gasteiger partial charge in [0.2, 0.25) is 0 Å². The zero-order valence-corrected chi connectivity index (χ0v) is 12.0. The van der Waals surface area contributed by atoms with Gasteiger partial charge in [-0.1, -0.05) is 0 Å². The number of urea groups is 1. The summed E-state index contributed by atoms with van der Waals surface area (Å²) >= 11 is 1.23. The normalized spacial score (nSPS) is 9.90. The fourth-order valence-corrected chi connectivity index (χ4v) is 2.41. The summed E-state index contributed by atoms with van der Waals surface area (Å²) in [4.78, 5) is 33.5. The minimum atomic E-state index is -0.908. The van der Waals surface area contributed by atoms with Crippen molar-refractivity contribution >= 4 is 34.3 Å². The number of ether oxygens (including phenoxy) is 1. The topological polar surface area (TPSA) is 105 Å². The fourth-order valence-electron chi connectivity index (χ4n) is 1.48. The first-order valence-corrected chi connectivity index (χ1v) is 6.76. The summed E-state index contributed by atoms with van der Waals surface area (Å²) in [5, 5.41) is 15.7. The largest absolute Gasteiger partial charge is 0.481 e. The summed E-state index contributed by atoms with van der Waals surface area (Å²) in [7, 11) is 1.27. The average Bonchev–Trinajstić information content (AvgIpc) is 2.74. The maximum absolute atomic E-state index is 11.6. The fraction of sp³-hybridized carbons (Fsp3) is 0.417. The molecule has 20 heavy (non-hydrogen) atoms. The molecule has 0 saturated heterocycles. The zero-order chi connectivity index (χ0) is 15.1. The quantitative estimate of drug-likeness (QED) is 0.549. The van der Waals surface area contributed by atoms with Crippen molar-refractivity contribution in [3.63, 3.8) is 0 Å². The van der Waals surface area contributed by atoms with Crippen molar-refractivity contribution in [3.8, 4) is 0 Å². The lowest BCUT2D eigenvalue weighted by molar-refractivity contribution is -0.137. The molecule has 0 fully saturated rings. The summed E-state index contributed by atoms with van der Waals surface area (Å²) in [6, 6.07) is -0.484. The second-order valence-corrected chi connectivity index (χ2v) is 4.87. The van der Waals surface area contributed by atoms with Crippen LogP contribution in [0.2, 0.25) is 0 Å². The molecule has 0 bridgehead atoms. The van der Waals surface area contributed by atoms with Crippen molar-refractivity contribution < 1.29 is 24.2 Å². The molecule has 0 aliphatic carbocycles. The highest BCUT2D eigenvalue weighted by Gasteiger charge is 2.18. The smallest absolute Gasteiger partial charge is 0.341 e. The molecule has 0 unspecified atom stereocenters. The molecule has 1 aromatic heterocycles. The van der Waals surface area contributed by atoms with Crippen LogP contribution in [0.1, 0.15) is 28.8 Å². The summed E-state index contributed by atoms with van der Waals surface area (Å²) in [6.07, 6.45) is 0.335. The van der Waals surface area contributed by atoms with Gasteiger partial charge in [-0.25, -0.2) is 9.59 Å².